The molecule has 3 heteroatoms. The summed E-state index contributed by atoms with van der Waals surface area (Å²) in [5, 5.41) is 12.5. The number of hydrogen-bond acceptors (Lipinski definition) is 3. The SMILES string of the molecule is CCCNC(CCO)c1ccc(CC)s1. The Morgan fingerprint density at radius 1 is 1.40 bits per heavy atom. The van der Waals surface area contributed by atoms with Crippen LogP contribution in [0.5, 0.6) is 0 Å². The first-order valence-corrected chi connectivity index (χ1v) is 6.56. The lowest BCUT2D eigenvalue weighted by molar-refractivity contribution is 0.266. The summed E-state index contributed by atoms with van der Waals surface area (Å²) in [5.74, 6) is 0. The molecule has 1 rings (SSSR count). The minimum atomic E-state index is 0.251. The maximum atomic E-state index is 9.03. The largest absolute Gasteiger partial charge is 0.396 e. The van der Waals surface area contributed by atoms with Gasteiger partial charge >= 0.3 is 0 Å². The van der Waals surface area contributed by atoms with Crippen molar-refractivity contribution in [3.63, 3.8) is 0 Å². The van der Waals surface area contributed by atoms with Crippen LogP contribution in [0.15, 0.2) is 12.1 Å². The lowest BCUT2D eigenvalue weighted by Crippen LogP contribution is -2.22. The first kappa shape index (κ1) is 12.7. The number of aryl methyl sites for hydroxylation is 1. The first-order chi connectivity index (χ1) is 7.31. The fraction of sp³-hybridized carbons (Fsp3) is 0.667. The molecule has 0 saturated heterocycles. The van der Waals surface area contributed by atoms with E-state index in [0.717, 1.165) is 25.8 Å². The Hall–Kier alpha value is -0.380. The van der Waals surface area contributed by atoms with Crippen molar-refractivity contribution < 1.29 is 5.11 Å². The molecule has 1 unspecified atom stereocenters. The van der Waals surface area contributed by atoms with E-state index in [4.69, 9.17) is 5.11 Å². The molecule has 0 aromatic carbocycles. The predicted molar refractivity (Wildman–Crippen MR) is 66.4 cm³/mol. The topological polar surface area (TPSA) is 32.3 Å². The molecule has 0 bridgehead atoms. The highest BCUT2D eigenvalue weighted by atomic mass is 32.1. The molecule has 1 heterocycles. The third-order valence-corrected chi connectivity index (χ3v) is 3.78. The summed E-state index contributed by atoms with van der Waals surface area (Å²) in [5.41, 5.74) is 0. The van der Waals surface area contributed by atoms with Crippen LogP contribution in [0.3, 0.4) is 0 Å². The van der Waals surface area contributed by atoms with E-state index in [1.807, 2.05) is 11.3 Å². The zero-order valence-corrected chi connectivity index (χ0v) is 10.4. The highest BCUT2D eigenvalue weighted by molar-refractivity contribution is 7.12. The Labute approximate surface area is 96.3 Å². The second-order valence-electron chi connectivity index (χ2n) is 3.68. The average molecular weight is 227 g/mol. The van der Waals surface area contributed by atoms with E-state index in [2.05, 4.69) is 31.3 Å². The quantitative estimate of drug-likeness (QED) is 0.750. The molecular weight excluding hydrogens is 206 g/mol. The van der Waals surface area contributed by atoms with Crippen molar-refractivity contribution in [3.05, 3.63) is 21.9 Å². The number of thiophene rings is 1. The monoisotopic (exact) mass is 227 g/mol. The zero-order chi connectivity index (χ0) is 11.1. The average Bonchev–Trinajstić information content (AvgIpc) is 2.72. The fourth-order valence-corrected chi connectivity index (χ4v) is 2.63. The second kappa shape index (κ2) is 6.99. The summed E-state index contributed by atoms with van der Waals surface area (Å²) in [6.07, 6.45) is 3.04. The number of aliphatic hydroxyl groups excluding tert-OH is 1. The van der Waals surface area contributed by atoms with Gasteiger partial charge in [0, 0.05) is 22.4 Å². The minimum Gasteiger partial charge on any atom is -0.396 e. The summed E-state index contributed by atoms with van der Waals surface area (Å²) in [6, 6.07) is 4.71. The molecule has 0 aliphatic heterocycles. The standard InChI is InChI=1S/C12H21NOS/c1-3-8-13-11(7-9-14)12-6-5-10(4-2)15-12/h5-6,11,13-14H,3-4,7-9H2,1-2H3. The van der Waals surface area contributed by atoms with Gasteiger partial charge in [0.25, 0.3) is 0 Å². The van der Waals surface area contributed by atoms with Gasteiger partial charge in [-0.1, -0.05) is 13.8 Å². The van der Waals surface area contributed by atoms with Crippen LogP contribution < -0.4 is 5.32 Å². The first-order valence-electron chi connectivity index (χ1n) is 5.74. The number of nitrogens with one attached hydrogen (secondary N) is 1. The zero-order valence-electron chi connectivity index (χ0n) is 9.62. The highest BCUT2D eigenvalue weighted by Gasteiger charge is 2.11. The van der Waals surface area contributed by atoms with Gasteiger partial charge in [-0.3, -0.25) is 0 Å². The van der Waals surface area contributed by atoms with Crippen molar-refractivity contribution in [2.24, 2.45) is 0 Å². The van der Waals surface area contributed by atoms with E-state index in [9.17, 15) is 0 Å². The van der Waals surface area contributed by atoms with Crippen LogP contribution in [0.1, 0.15) is 42.5 Å². The van der Waals surface area contributed by atoms with Crippen LogP contribution >= 0.6 is 11.3 Å². The van der Waals surface area contributed by atoms with E-state index in [0.29, 0.717) is 6.04 Å². The van der Waals surface area contributed by atoms with Gasteiger partial charge in [-0.15, -0.1) is 11.3 Å². The van der Waals surface area contributed by atoms with E-state index in [1.54, 1.807) is 0 Å². The van der Waals surface area contributed by atoms with Crippen molar-refractivity contribution in [2.45, 2.75) is 39.2 Å². The van der Waals surface area contributed by atoms with E-state index in [1.165, 1.54) is 9.75 Å². The Morgan fingerprint density at radius 2 is 2.20 bits per heavy atom. The van der Waals surface area contributed by atoms with Gasteiger partial charge in [-0.2, -0.15) is 0 Å². The van der Waals surface area contributed by atoms with Crippen molar-refractivity contribution in [2.75, 3.05) is 13.2 Å². The Kier molecular flexibility index (Phi) is 5.91. The third-order valence-electron chi connectivity index (χ3n) is 2.43. The molecular formula is C12H21NOS. The second-order valence-corrected chi connectivity index (χ2v) is 4.88. The van der Waals surface area contributed by atoms with Crippen LogP contribution in [-0.4, -0.2) is 18.3 Å². The summed E-state index contributed by atoms with van der Waals surface area (Å²) in [6.45, 7) is 5.61. The summed E-state index contributed by atoms with van der Waals surface area (Å²) in [7, 11) is 0. The molecule has 1 aromatic heterocycles. The normalized spacial score (nSPS) is 13.0. The molecule has 2 nitrogen and oxygen atoms in total. The predicted octanol–water partition coefficient (Wildman–Crippen LogP) is 2.73. The van der Waals surface area contributed by atoms with Crippen LogP contribution in [0, 0.1) is 0 Å². The molecule has 0 spiro atoms. The molecule has 0 fully saturated rings. The number of rotatable bonds is 7. The molecule has 0 amide bonds. The van der Waals surface area contributed by atoms with Crippen LogP contribution in [0.2, 0.25) is 0 Å². The number of hydrogen-bond donors (Lipinski definition) is 2. The maximum absolute atomic E-state index is 9.03. The van der Waals surface area contributed by atoms with Crippen molar-refractivity contribution in [1.82, 2.24) is 5.32 Å². The number of aliphatic hydroxyl groups is 1. The molecule has 0 aliphatic carbocycles. The summed E-state index contributed by atoms with van der Waals surface area (Å²) >= 11 is 1.86. The van der Waals surface area contributed by atoms with Crippen molar-refractivity contribution >= 4 is 11.3 Å². The Morgan fingerprint density at radius 3 is 2.73 bits per heavy atom. The molecule has 1 aromatic rings. The van der Waals surface area contributed by atoms with Gasteiger partial charge in [0.05, 0.1) is 0 Å². The van der Waals surface area contributed by atoms with Crippen LogP contribution in [-0.2, 0) is 6.42 Å². The highest BCUT2D eigenvalue weighted by Crippen LogP contribution is 2.25. The molecule has 15 heavy (non-hydrogen) atoms. The summed E-state index contributed by atoms with van der Waals surface area (Å²) in [4.78, 5) is 2.78. The van der Waals surface area contributed by atoms with Crippen molar-refractivity contribution in [3.8, 4) is 0 Å². The van der Waals surface area contributed by atoms with Crippen LogP contribution in [0.25, 0.3) is 0 Å². The summed E-state index contributed by atoms with van der Waals surface area (Å²) < 4.78 is 0. The molecule has 0 aliphatic rings. The van der Waals surface area contributed by atoms with Gasteiger partial charge in [-0.25, -0.2) is 0 Å². The Balaban J connectivity index is 2.60. The van der Waals surface area contributed by atoms with Gasteiger partial charge in [0.1, 0.15) is 0 Å². The van der Waals surface area contributed by atoms with Gasteiger partial charge in [0.15, 0.2) is 0 Å². The molecule has 86 valence electrons. The van der Waals surface area contributed by atoms with Gasteiger partial charge in [0.2, 0.25) is 0 Å². The van der Waals surface area contributed by atoms with Gasteiger partial charge < -0.3 is 10.4 Å². The van der Waals surface area contributed by atoms with E-state index in [-0.39, 0.29) is 6.61 Å². The fourth-order valence-electron chi connectivity index (χ4n) is 1.56. The Bertz CT molecular complexity index is 272. The molecule has 0 radical (unpaired) electrons. The minimum absolute atomic E-state index is 0.251. The smallest absolute Gasteiger partial charge is 0.0449 e. The maximum Gasteiger partial charge on any atom is 0.0449 e. The molecule has 2 N–H and O–H groups in total. The van der Waals surface area contributed by atoms with Gasteiger partial charge in [-0.05, 0) is 37.9 Å². The van der Waals surface area contributed by atoms with Crippen LogP contribution in [0.4, 0.5) is 0 Å². The van der Waals surface area contributed by atoms with Crippen molar-refractivity contribution in [1.29, 1.82) is 0 Å². The lowest BCUT2D eigenvalue weighted by Gasteiger charge is -2.15. The molecule has 0 saturated carbocycles. The lowest BCUT2D eigenvalue weighted by atomic mass is 10.1. The third kappa shape index (κ3) is 3.93. The van der Waals surface area contributed by atoms with E-state index < -0.39 is 0 Å². The molecule has 1 atom stereocenters. The van der Waals surface area contributed by atoms with E-state index >= 15 is 0 Å².